The monoisotopic (exact) mass is 245 g/mol. The van der Waals surface area contributed by atoms with Crippen molar-refractivity contribution in [3.63, 3.8) is 0 Å². The second-order valence-electron chi connectivity index (χ2n) is 4.31. The molecule has 0 amide bonds. The summed E-state index contributed by atoms with van der Waals surface area (Å²) >= 11 is 0. The van der Waals surface area contributed by atoms with Gasteiger partial charge in [-0.05, 0) is 26.6 Å². The van der Waals surface area contributed by atoms with Gasteiger partial charge in [0.15, 0.2) is 0 Å². The number of unbranched alkanes of at least 4 members (excludes halogenated alkanes) is 5. The Morgan fingerprint density at radius 3 is 1.24 bits per heavy atom. The van der Waals surface area contributed by atoms with Crippen LogP contribution in [0.5, 0.6) is 0 Å². The largest absolute Gasteiger partial charge is 0.307 e. The molecule has 0 heterocycles. The molecule has 0 N–H and O–H groups in total. The van der Waals surface area contributed by atoms with Crippen molar-refractivity contribution in [2.24, 2.45) is 0 Å². The Morgan fingerprint density at radius 2 is 1.06 bits per heavy atom. The highest BCUT2D eigenvalue weighted by atomic mass is 15.1. The molecule has 0 atom stereocenters. The Labute approximate surface area is 112 Å². The van der Waals surface area contributed by atoms with Gasteiger partial charge in [-0.25, -0.2) is 0 Å². The van der Waals surface area contributed by atoms with Gasteiger partial charge in [-0.1, -0.05) is 80.1 Å². The van der Waals surface area contributed by atoms with E-state index in [-0.39, 0.29) is 0 Å². The first-order chi connectivity index (χ1) is 8.22. The zero-order valence-corrected chi connectivity index (χ0v) is 13.8. The van der Waals surface area contributed by atoms with Gasteiger partial charge in [0.25, 0.3) is 0 Å². The molecule has 0 aromatic carbocycles. The third-order valence-corrected chi connectivity index (χ3v) is 2.60. The van der Waals surface area contributed by atoms with Crippen molar-refractivity contribution in [2.75, 3.05) is 20.1 Å². The van der Waals surface area contributed by atoms with Crippen LogP contribution in [0.1, 0.15) is 86.5 Å². The van der Waals surface area contributed by atoms with Crippen LogP contribution < -0.4 is 0 Å². The molecule has 0 aliphatic heterocycles. The molecule has 1 heteroatoms. The maximum Gasteiger partial charge on any atom is -0.00245 e. The molecule has 0 unspecified atom stereocenters. The lowest BCUT2D eigenvalue weighted by molar-refractivity contribution is 0.353. The first kappa shape index (κ1) is 22.2. The molecule has 0 saturated heterocycles. The van der Waals surface area contributed by atoms with Crippen LogP contribution in [0.25, 0.3) is 0 Å². The third kappa shape index (κ3) is 31.4. The Morgan fingerprint density at radius 1 is 0.647 bits per heavy atom. The van der Waals surface area contributed by atoms with Crippen molar-refractivity contribution in [2.45, 2.75) is 86.5 Å². The fourth-order valence-corrected chi connectivity index (χ4v) is 1.39. The highest BCUT2D eigenvalue weighted by Crippen LogP contribution is 2.03. The predicted molar refractivity (Wildman–Crippen MR) is 83.9 cm³/mol. The average Bonchev–Trinajstić information content (AvgIpc) is 2.38. The molecular weight excluding hydrogens is 206 g/mol. The van der Waals surface area contributed by atoms with Gasteiger partial charge in [0.05, 0.1) is 0 Å². The van der Waals surface area contributed by atoms with Crippen LogP contribution in [0, 0.1) is 0 Å². The van der Waals surface area contributed by atoms with Gasteiger partial charge in [0, 0.05) is 0 Å². The fourth-order valence-electron chi connectivity index (χ4n) is 1.39. The van der Waals surface area contributed by atoms with E-state index in [1.165, 1.54) is 58.0 Å². The van der Waals surface area contributed by atoms with Crippen molar-refractivity contribution >= 4 is 0 Å². The van der Waals surface area contributed by atoms with Crippen LogP contribution in [-0.2, 0) is 0 Å². The second kappa shape index (κ2) is 25.0. The van der Waals surface area contributed by atoms with Gasteiger partial charge in [0.2, 0.25) is 0 Å². The molecule has 0 saturated carbocycles. The van der Waals surface area contributed by atoms with Crippen LogP contribution >= 0.6 is 0 Å². The summed E-state index contributed by atoms with van der Waals surface area (Å²) in [6, 6.07) is 0. The van der Waals surface area contributed by atoms with E-state index in [4.69, 9.17) is 0 Å². The van der Waals surface area contributed by atoms with E-state index < -0.39 is 0 Å². The SMILES string of the molecule is CC.CCCCCCCC.CCCN(C)CC. The minimum Gasteiger partial charge on any atom is -0.307 e. The van der Waals surface area contributed by atoms with Crippen molar-refractivity contribution in [1.29, 1.82) is 0 Å². The normalized spacial score (nSPS) is 9.18. The van der Waals surface area contributed by atoms with Gasteiger partial charge in [-0.15, -0.1) is 0 Å². The van der Waals surface area contributed by atoms with Gasteiger partial charge in [-0.2, -0.15) is 0 Å². The molecule has 0 rings (SSSR count). The summed E-state index contributed by atoms with van der Waals surface area (Å²) in [5.41, 5.74) is 0. The van der Waals surface area contributed by atoms with Crippen molar-refractivity contribution in [3.8, 4) is 0 Å². The molecule has 17 heavy (non-hydrogen) atoms. The molecule has 108 valence electrons. The molecule has 0 fully saturated rings. The predicted octanol–water partition coefficient (Wildman–Crippen LogP) is 5.74. The van der Waals surface area contributed by atoms with E-state index in [0.29, 0.717) is 0 Å². The summed E-state index contributed by atoms with van der Waals surface area (Å²) in [6.07, 6.45) is 9.76. The molecule has 0 spiro atoms. The minimum absolute atomic E-state index is 1.17. The molecule has 0 aliphatic rings. The molecule has 0 radical (unpaired) electrons. The summed E-state index contributed by atoms with van der Waals surface area (Å²) < 4.78 is 0. The van der Waals surface area contributed by atoms with Crippen LogP contribution in [-0.4, -0.2) is 25.0 Å². The van der Waals surface area contributed by atoms with E-state index in [2.05, 4.69) is 39.6 Å². The summed E-state index contributed by atoms with van der Waals surface area (Å²) in [5, 5.41) is 0. The molecule has 1 nitrogen and oxygen atoms in total. The second-order valence-corrected chi connectivity index (χ2v) is 4.31. The quantitative estimate of drug-likeness (QED) is 0.493. The lowest BCUT2D eigenvalue weighted by atomic mass is 10.1. The Bertz CT molecular complexity index is 85.5. The summed E-state index contributed by atoms with van der Waals surface area (Å²) in [4.78, 5) is 2.31. The zero-order valence-electron chi connectivity index (χ0n) is 13.8. The number of nitrogens with zero attached hydrogens (tertiary/aromatic N) is 1. The topological polar surface area (TPSA) is 3.24 Å². The number of hydrogen-bond acceptors (Lipinski definition) is 1. The number of rotatable bonds is 8. The van der Waals surface area contributed by atoms with E-state index in [9.17, 15) is 0 Å². The van der Waals surface area contributed by atoms with Crippen LogP contribution in [0.15, 0.2) is 0 Å². The Balaban J connectivity index is -0.000000202. The third-order valence-electron chi connectivity index (χ3n) is 2.60. The van der Waals surface area contributed by atoms with E-state index >= 15 is 0 Å². The minimum atomic E-state index is 1.17. The van der Waals surface area contributed by atoms with Crippen molar-refractivity contribution < 1.29 is 0 Å². The zero-order chi connectivity index (χ0) is 13.9. The smallest absolute Gasteiger partial charge is 0.00245 e. The Kier molecular flexibility index (Phi) is 32.6. The molecule has 0 bridgehead atoms. The molecule has 0 aromatic rings. The van der Waals surface area contributed by atoms with Crippen LogP contribution in [0.4, 0.5) is 0 Å². The summed E-state index contributed by atoms with van der Waals surface area (Å²) in [7, 11) is 2.14. The summed E-state index contributed by atoms with van der Waals surface area (Å²) in [5.74, 6) is 0. The number of hydrogen-bond donors (Lipinski definition) is 0. The van der Waals surface area contributed by atoms with E-state index in [1.54, 1.807) is 0 Å². The maximum atomic E-state index is 2.31. The standard InChI is InChI=1S/C8H18.C6H15N.C2H6/c1-3-5-7-8-6-4-2;1-4-6-7(3)5-2;1-2/h3-8H2,1-2H3;4-6H2,1-3H3;1-2H3. The average molecular weight is 245 g/mol. The van der Waals surface area contributed by atoms with Gasteiger partial charge in [0.1, 0.15) is 0 Å². The highest BCUT2D eigenvalue weighted by Gasteiger charge is 1.86. The van der Waals surface area contributed by atoms with E-state index in [1.807, 2.05) is 13.8 Å². The fraction of sp³-hybridized carbons (Fsp3) is 1.00. The lowest BCUT2D eigenvalue weighted by Crippen LogP contribution is -2.17. The van der Waals surface area contributed by atoms with Gasteiger partial charge in [-0.3, -0.25) is 0 Å². The van der Waals surface area contributed by atoms with Gasteiger partial charge >= 0.3 is 0 Å². The van der Waals surface area contributed by atoms with Crippen LogP contribution in [0.3, 0.4) is 0 Å². The molecule has 0 aliphatic carbocycles. The van der Waals surface area contributed by atoms with Crippen molar-refractivity contribution in [3.05, 3.63) is 0 Å². The first-order valence-corrected chi connectivity index (χ1v) is 7.91. The van der Waals surface area contributed by atoms with Crippen LogP contribution in [0.2, 0.25) is 0 Å². The Hall–Kier alpha value is -0.0400. The summed E-state index contributed by atoms with van der Waals surface area (Å²) in [6.45, 7) is 15.3. The lowest BCUT2D eigenvalue weighted by Gasteiger charge is -2.10. The molecule has 0 aromatic heterocycles. The van der Waals surface area contributed by atoms with Crippen molar-refractivity contribution in [1.82, 2.24) is 4.90 Å². The van der Waals surface area contributed by atoms with Gasteiger partial charge < -0.3 is 4.90 Å². The first-order valence-electron chi connectivity index (χ1n) is 7.91. The van der Waals surface area contributed by atoms with E-state index in [0.717, 1.165) is 0 Å². The highest BCUT2D eigenvalue weighted by molar-refractivity contribution is 4.41. The maximum absolute atomic E-state index is 2.31. The molecular formula is C16H39N.